The molecule has 0 saturated carbocycles. The molecule has 7 rings (SSSR count). The van der Waals surface area contributed by atoms with E-state index < -0.39 is 0 Å². The van der Waals surface area contributed by atoms with Crippen molar-refractivity contribution in [1.29, 1.82) is 0 Å². The van der Waals surface area contributed by atoms with E-state index in [0.717, 1.165) is 39.0 Å². The Hall–Kier alpha value is -4.82. The van der Waals surface area contributed by atoms with Gasteiger partial charge in [-0.25, -0.2) is 0 Å². The highest BCUT2D eigenvalue weighted by Crippen LogP contribution is 2.42. The lowest BCUT2D eigenvalue weighted by Gasteiger charge is -2.25. The van der Waals surface area contributed by atoms with E-state index >= 15 is 0 Å². The molecule has 1 aromatic heterocycles. The van der Waals surface area contributed by atoms with Gasteiger partial charge in [-0.3, -0.25) is 0 Å². The first-order valence-electron chi connectivity index (χ1n) is 12.2. The maximum Gasteiger partial charge on any atom is 0.136 e. The Bertz CT molecular complexity index is 1780. The zero-order valence-electron chi connectivity index (χ0n) is 19.6. The van der Waals surface area contributed by atoms with E-state index in [9.17, 15) is 0 Å². The normalized spacial score (nSPS) is 11.3. The van der Waals surface area contributed by atoms with Gasteiger partial charge < -0.3 is 9.32 Å². The summed E-state index contributed by atoms with van der Waals surface area (Å²) in [4.78, 5) is 2.29. The van der Waals surface area contributed by atoms with Crippen LogP contribution in [0, 0.1) is 0 Å². The zero-order chi connectivity index (χ0) is 23.9. The Morgan fingerprint density at radius 2 is 1.00 bits per heavy atom. The largest absolute Gasteiger partial charge is 0.456 e. The molecular formula is C34H23NO. The lowest BCUT2D eigenvalue weighted by Crippen LogP contribution is -2.09. The first kappa shape index (κ1) is 20.5. The topological polar surface area (TPSA) is 16.4 Å². The Kier molecular flexibility index (Phi) is 4.82. The highest BCUT2D eigenvalue weighted by Gasteiger charge is 2.18. The third-order valence-corrected chi connectivity index (χ3v) is 6.83. The molecule has 2 heteroatoms. The van der Waals surface area contributed by atoms with E-state index in [1.807, 2.05) is 0 Å². The Morgan fingerprint density at radius 3 is 1.67 bits per heavy atom. The van der Waals surface area contributed by atoms with Crippen LogP contribution in [0.25, 0.3) is 43.8 Å². The van der Waals surface area contributed by atoms with Gasteiger partial charge in [0.2, 0.25) is 0 Å². The summed E-state index contributed by atoms with van der Waals surface area (Å²) in [5.41, 5.74) is 7.51. The predicted octanol–water partition coefficient (Wildman–Crippen LogP) is 9.88. The van der Waals surface area contributed by atoms with Crippen molar-refractivity contribution in [3.63, 3.8) is 0 Å². The van der Waals surface area contributed by atoms with Crippen LogP contribution >= 0.6 is 0 Å². The van der Waals surface area contributed by atoms with Crippen LogP contribution in [0.2, 0.25) is 0 Å². The first-order valence-corrected chi connectivity index (χ1v) is 12.2. The van der Waals surface area contributed by atoms with Crippen LogP contribution in [0.3, 0.4) is 0 Å². The number of fused-ring (bicyclic) bond motifs is 5. The summed E-state index contributed by atoms with van der Waals surface area (Å²) in [7, 11) is 0. The molecule has 0 saturated heterocycles. The lowest BCUT2D eigenvalue weighted by atomic mass is 9.95. The number of benzene rings is 6. The van der Waals surface area contributed by atoms with Crippen molar-refractivity contribution in [1.82, 2.24) is 0 Å². The second-order valence-electron chi connectivity index (χ2n) is 9.00. The van der Waals surface area contributed by atoms with Gasteiger partial charge in [-0.1, -0.05) is 91.0 Å². The molecular weight excluding hydrogens is 438 g/mol. The standard InChI is InChI=1S/C34H23NO/c1-4-12-24(13-5-1)30-23-33-34(29-19-11-10-18-28(29)30)31-22-27(20-21-32(31)36-33)35(25-14-6-2-7-15-25)26-16-8-3-9-17-26/h1-23H. The van der Waals surface area contributed by atoms with Crippen LogP contribution in [0.4, 0.5) is 17.1 Å². The molecule has 0 atom stereocenters. The first-order chi connectivity index (χ1) is 17.9. The minimum Gasteiger partial charge on any atom is -0.456 e. The predicted molar refractivity (Wildman–Crippen MR) is 151 cm³/mol. The zero-order valence-corrected chi connectivity index (χ0v) is 19.6. The lowest BCUT2D eigenvalue weighted by molar-refractivity contribution is 0.669. The quantitative estimate of drug-likeness (QED) is 0.259. The molecule has 2 nitrogen and oxygen atoms in total. The summed E-state index contributed by atoms with van der Waals surface area (Å²) in [5.74, 6) is 0. The fourth-order valence-electron chi connectivity index (χ4n) is 5.23. The third-order valence-electron chi connectivity index (χ3n) is 6.83. The molecule has 1 heterocycles. The molecule has 0 bridgehead atoms. The van der Waals surface area contributed by atoms with Crippen molar-refractivity contribution >= 4 is 49.8 Å². The van der Waals surface area contributed by atoms with Crippen molar-refractivity contribution < 1.29 is 4.42 Å². The Balaban J connectivity index is 1.50. The van der Waals surface area contributed by atoms with E-state index in [1.165, 1.54) is 21.9 Å². The molecule has 36 heavy (non-hydrogen) atoms. The number of anilines is 3. The van der Waals surface area contributed by atoms with E-state index in [0.29, 0.717) is 0 Å². The average Bonchev–Trinajstić information content (AvgIpc) is 3.33. The van der Waals surface area contributed by atoms with Gasteiger partial charge in [0.15, 0.2) is 0 Å². The van der Waals surface area contributed by atoms with Crippen molar-refractivity contribution in [3.8, 4) is 11.1 Å². The maximum atomic E-state index is 6.45. The Labute approximate surface area is 209 Å². The molecule has 7 aromatic rings. The maximum absolute atomic E-state index is 6.45. The number of hydrogen-bond acceptors (Lipinski definition) is 2. The van der Waals surface area contributed by atoms with Crippen LogP contribution in [-0.4, -0.2) is 0 Å². The summed E-state index contributed by atoms with van der Waals surface area (Å²) in [5, 5.41) is 4.71. The second-order valence-corrected chi connectivity index (χ2v) is 9.00. The van der Waals surface area contributed by atoms with Gasteiger partial charge >= 0.3 is 0 Å². The summed E-state index contributed by atoms with van der Waals surface area (Å²) >= 11 is 0. The van der Waals surface area contributed by atoms with Crippen molar-refractivity contribution in [2.75, 3.05) is 4.90 Å². The molecule has 0 N–H and O–H groups in total. The van der Waals surface area contributed by atoms with Gasteiger partial charge in [-0.15, -0.1) is 0 Å². The monoisotopic (exact) mass is 461 g/mol. The number of para-hydroxylation sites is 2. The van der Waals surface area contributed by atoms with Gasteiger partial charge in [0.05, 0.1) is 0 Å². The molecule has 0 aliphatic rings. The van der Waals surface area contributed by atoms with Gasteiger partial charge in [-0.2, -0.15) is 0 Å². The molecule has 0 spiro atoms. The molecule has 6 aromatic carbocycles. The average molecular weight is 462 g/mol. The summed E-state index contributed by atoms with van der Waals surface area (Å²) in [6.07, 6.45) is 0. The second kappa shape index (κ2) is 8.44. The smallest absolute Gasteiger partial charge is 0.136 e. The van der Waals surface area contributed by atoms with E-state index in [4.69, 9.17) is 4.42 Å². The highest BCUT2D eigenvalue weighted by atomic mass is 16.3. The van der Waals surface area contributed by atoms with Crippen LogP contribution in [-0.2, 0) is 0 Å². The van der Waals surface area contributed by atoms with Crippen LogP contribution in [0.1, 0.15) is 0 Å². The van der Waals surface area contributed by atoms with Crippen LogP contribution in [0.15, 0.2) is 144 Å². The SMILES string of the molecule is c1ccc(-c2cc3oc4ccc(N(c5ccccc5)c5ccccc5)cc4c3c3ccccc23)cc1. The fraction of sp³-hybridized carbons (Fsp3) is 0. The molecule has 0 aliphatic heterocycles. The van der Waals surface area contributed by atoms with Gasteiger partial charge in [-0.05, 0) is 70.4 Å². The molecule has 0 unspecified atom stereocenters. The number of furan rings is 1. The highest BCUT2D eigenvalue weighted by molar-refractivity contribution is 6.22. The van der Waals surface area contributed by atoms with Crippen molar-refractivity contribution in [3.05, 3.63) is 140 Å². The van der Waals surface area contributed by atoms with Gasteiger partial charge in [0.1, 0.15) is 11.2 Å². The number of rotatable bonds is 4. The number of hydrogen-bond donors (Lipinski definition) is 0. The third kappa shape index (κ3) is 3.35. The van der Waals surface area contributed by atoms with E-state index in [1.54, 1.807) is 0 Å². The van der Waals surface area contributed by atoms with Crippen molar-refractivity contribution in [2.45, 2.75) is 0 Å². The Morgan fingerprint density at radius 1 is 0.417 bits per heavy atom. The minimum absolute atomic E-state index is 0.894. The number of nitrogens with zero attached hydrogens (tertiary/aromatic N) is 1. The molecule has 0 aliphatic carbocycles. The molecule has 0 amide bonds. The minimum atomic E-state index is 0.894. The van der Waals surface area contributed by atoms with Crippen molar-refractivity contribution in [2.24, 2.45) is 0 Å². The fourth-order valence-corrected chi connectivity index (χ4v) is 5.23. The van der Waals surface area contributed by atoms with Gasteiger partial charge in [0.25, 0.3) is 0 Å². The van der Waals surface area contributed by atoms with E-state index in [2.05, 4.69) is 144 Å². The molecule has 0 radical (unpaired) electrons. The summed E-state index contributed by atoms with van der Waals surface area (Å²) in [6.45, 7) is 0. The van der Waals surface area contributed by atoms with Gasteiger partial charge in [0, 0.05) is 27.8 Å². The summed E-state index contributed by atoms with van der Waals surface area (Å²) < 4.78 is 6.45. The molecule has 0 fully saturated rings. The van der Waals surface area contributed by atoms with Crippen LogP contribution in [0.5, 0.6) is 0 Å². The molecule has 170 valence electrons. The van der Waals surface area contributed by atoms with E-state index in [-0.39, 0.29) is 0 Å². The summed E-state index contributed by atoms with van der Waals surface area (Å²) in [6, 6.07) is 48.9. The van der Waals surface area contributed by atoms with Crippen LogP contribution < -0.4 is 4.90 Å².